The molecule has 0 aliphatic heterocycles. The largest absolute Gasteiger partial charge is 0.459 e. The number of esters is 1. The van der Waals surface area contributed by atoms with Crippen LogP contribution in [0.15, 0.2) is 71.3 Å². The standard InChI is InChI=1S/C21H17N3O6/c22-19(26)13-7-9-14(10-8-13)23-18(25)12-30-21(28)15-4-1-2-5-16(15)24-20(27)17-6-3-11-29-17/h1-11H,12H2,(H2,22,26)(H,23,25)(H,24,27). The fraction of sp³-hybridized carbons (Fsp3) is 0.0476. The van der Waals surface area contributed by atoms with Crippen molar-refractivity contribution in [1.29, 1.82) is 0 Å². The van der Waals surface area contributed by atoms with E-state index in [1.54, 1.807) is 18.2 Å². The van der Waals surface area contributed by atoms with Gasteiger partial charge >= 0.3 is 5.97 Å². The van der Waals surface area contributed by atoms with E-state index in [-0.39, 0.29) is 17.0 Å². The van der Waals surface area contributed by atoms with E-state index >= 15 is 0 Å². The van der Waals surface area contributed by atoms with E-state index in [0.29, 0.717) is 11.3 Å². The zero-order valence-electron chi connectivity index (χ0n) is 15.6. The first-order chi connectivity index (χ1) is 14.4. The summed E-state index contributed by atoms with van der Waals surface area (Å²) < 4.78 is 10.1. The number of furan rings is 1. The van der Waals surface area contributed by atoms with E-state index in [9.17, 15) is 19.2 Å². The smallest absolute Gasteiger partial charge is 0.340 e. The molecule has 152 valence electrons. The van der Waals surface area contributed by atoms with Gasteiger partial charge in [0, 0.05) is 11.3 Å². The molecule has 2 aromatic carbocycles. The van der Waals surface area contributed by atoms with Gasteiger partial charge in [0.05, 0.1) is 17.5 Å². The summed E-state index contributed by atoms with van der Waals surface area (Å²) in [6, 6.07) is 15.2. The van der Waals surface area contributed by atoms with Gasteiger partial charge in [-0.2, -0.15) is 0 Å². The number of rotatable bonds is 7. The van der Waals surface area contributed by atoms with Crippen molar-refractivity contribution in [2.24, 2.45) is 5.73 Å². The third-order valence-electron chi connectivity index (χ3n) is 3.93. The van der Waals surface area contributed by atoms with Crippen molar-refractivity contribution in [3.8, 4) is 0 Å². The molecule has 0 bridgehead atoms. The lowest BCUT2D eigenvalue weighted by Crippen LogP contribution is -2.22. The van der Waals surface area contributed by atoms with Crippen LogP contribution < -0.4 is 16.4 Å². The highest BCUT2D eigenvalue weighted by Crippen LogP contribution is 2.18. The van der Waals surface area contributed by atoms with E-state index in [1.165, 1.54) is 48.7 Å². The molecule has 1 heterocycles. The summed E-state index contributed by atoms with van der Waals surface area (Å²) in [5, 5.41) is 5.09. The number of amides is 3. The molecule has 0 atom stereocenters. The van der Waals surface area contributed by atoms with Gasteiger partial charge < -0.3 is 25.5 Å². The summed E-state index contributed by atoms with van der Waals surface area (Å²) in [6.45, 7) is -0.545. The number of carbonyl (C=O) groups is 4. The average molecular weight is 407 g/mol. The molecule has 0 spiro atoms. The van der Waals surface area contributed by atoms with Crippen molar-refractivity contribution < 1.29 is 28.3 Å². The van der Waals surface area contributed by atoms with Crippen LogP contribution in [0.4, 0.5) is 11.4 Å². The molecule has 0 unspecified atom stereocenters. The lowest BCUT2D eigenvalue weighted by Gasteiger charge is -2.10. The number of para-hydroxylation sites is 1. The maximum Gasteiger partial charge on any atom is 0.340 e. The summed E-state index contributed by atoms with van der Waals surface area (Å²) in [5.41, 5.74) is 6.16. The van der Waals surface area contributed by atoms with Crippen molar-refractivity contribution >= 4 is 35.1 Å². The first-order valence-corrected chi connectivity index (χ1v) is 8.75. The van der Waals surface area contributed by atoms with Gasteiger partial charge in [0.15, 0.2) is 12.4 Å². The van der Waals surface area contributed by atoms with Crippen LogP contribution in [0, 0.1) is 0 Å². The van der Waals surface area contributed by atoms with E-state index in [0.717, 1.165) is 0 Å². The van der Waals surface area contributed by atoms with Crippen LogP contribution in [0.5, 0.6) is 0 Å². The minimum Gasteiger partial charge on any atom is -0.459 e. The first-order valence-electron chi connectivity index (χ1n) is 8.75. The molecule has 0 saturated heterocycles. The molecule has 0 aliphatic carbocycles. The predicted octanol–water partition coefficient (Wildman–Crippen LogP) is 2.43. The van der Waals surface area contributed by atoms with Crippen LogP contribution in [0.2, 0.25) is 0 Å². The van der Waals surface area contributed by atoms with Gasteiger partial charge in [-0.15, -0.1) is 0 Å². The van der Waals surface area contributed by atoms with Gasteiger partial charge in [0.2, 0.25) is 5.91 Å². The Hall–Kier alpha value is -4.40. The van der Waals surface area contributed by atoms with Crippen LogP contribution >= 0.6 is 0 Å². The maximum atomic E-state index is 12.4. The van der Waals surface area contributed by atoms with Gasteiger partial charge in [-0.05, 0) is 48.5 Å². The molecule has 0 saturated carbocycles. The molecule has 9 heteroatoms. The van der Waals surface area contributed by atoms with E-state index in [4.69, 9.17) is 14.9 Å². The monoisotopic (exact) mass is 407 g/mol. The number of nitrogens with two attached hydrogens (primary N) is 1. The van der Waals surface area contributed by atoms with Crippen LogP contribution in [-0.2, 0) is 9.53 Å². The minimum atomic E-state index is -0.787. The third kappa shape index (κ3) is 5.10. The zero-order chi connectivity index (χ0) is 21.5. The summed E-state index contributed by atoms with van der Waals surface area (Å²) in [4.78, 5) is 47.6. The van der Waals surface area contributed by atoms with Gasteiger partial charge in [-0.25, -0.2) is 4.79 Å². The second-order valence-corrected chi connectivity index (χ2v) is 6.04. The van der Waals surface area contributed by atoms with Crippen LogP contribution in [0.3, 0.4) is 0 Å². The van der Waals surface area contributed by atoms with Crippen LogP contribution in [0.1, 0.15) is 31.3 Å². The molecule has 9 nitrogen and oxygen atoms in total. The lowest BCUT2D eigenvalue weighted by molar-refractivity contribution is -0.119. The predicted molar refractivity (Wildman–Crippen MR) is 107 cm³/mol. The number of hydrogen-bond acceptors (Lipinski definition) is 6. The van der Waals surface area contributed by atoms with Crippen molar-refractivity contribution in [3.05, 3.63) is 83.8 Å². The Bertz CT molecular complexity index is 1070. The maximum absolute atomic E-state index is 12.4. The lowest BCUT2D eigenvalue weighted by atomic mass is 10.1. The van der Waals surface area contributed by atoms with Crippen molar-refractivity contribution in [2.45, 2.75) is 0 Å². The number of nitrogens with one attached hydrogen (secondary N) is 2. The molecule has 30 heavy (non-hydrogen) atoms. The molecular formula is C21H17N3O6. The summed E-state index contributed by atoms with van der Waals surface area (Å²) in [5.74, 6) is -2.39. The molecular weight excluding hydrogens is 390 g/mol. The Balaban J connectivity index is 1.58. The van der Waals surface area contributed by atoms with E-state index in [2.05, 4.69) is 10.6 Å². The Kier molecular flexibility index (Phi) is 6.23. The van der Waals surface area contributed by atoms with Crippen LogP contribution in [-0.4, -0.2) is 30.3 Å². The van der Waals surface area contributed by atoms with Crippen molar-refractivity contribution in [1.82, 2.24) is 0 Å². The number of ether oxygens (including phenoxy) is 1. The number of hydrogen-bond donors (Lipinski definition) is 3. The van der Waals surface area contributed by atoms with E-state index in [1.807, 2.05) is 0 Å². The highest BCUT2D eigenvalue weighted by atomic mass is 16.5. The second-order valence-electron chi connectivity index (χ2n) is 6.04. The fourth-order valence-electron chi connectivity index (χ4n) is 2.49. The second kappa shape index (κ2) is 9.20. The van der Waals surface area contributed by atoms with Crippen molar-refractivity contribution in [3.63, 3.8) is 0 Å². The molecule has 3 amide bonds. The van der Waals surface area contributed by atoms with Gasteiger partial charge in [0.1, 0.15) is 0 Å². The Morgan fingerprint density at radius 3 is 2.30 bits per heavy atom. The molecule has 0 aliphatic rings. The SMILES string of the molecule is NC(=O)c1ccc(NC(=O)COC(=O)c2ccccc2NC(=O)c2ccco2)cc1. The number of primary amides is 1. The Morgan fingerprint density at radius 2 is 1.63 bits per heavy atom. The van der Waals surface area contributed by atoms with Crippen molar-refractivity contribution in [2.75, 3.05) is 17.2 Å². The summed E-state index contributed by atoms with van der Waals surface area (Å²) >= 11 is 0. The number of carbonyl (C=O) groups excluding carboxylic acids is 4. The quantitative estimate of drug-likeness (QED) is 0.514. The Morgan fingerprint density at radius 1 is 0.900 bits per heavy atom. The molecule has 3 aromatic rings. The number of benzene rings is 2. The third-order valence-corrected chi connectivity index (χ3v) is 3.93. The van der Waals surface area contributed by atoms with Gasteiger partial charge in [0.25, 0.3) is 11.8 Å². The molecule has 3 rings (SSSR count). The molecule has 0 fully saturated rings. The fourth-order valence-corrected chi connectivity index (χ4v) is 2.49. The average Bonchev–Trinajstić information content (AvgIpc) is 3.28. The van der Waals surface area contributed by atoms with E-state index < -0.39 is 30.3 Å². The summed E-state index contributed by atoms with van der Waals surface area (Å²) in [6.07, 6.45) is 1.36. The number of anilines is 2. The highest BCUT2D eigenvalue weighted by molar-refractivity contribution is 6.07. The van der Waals surface area contributed by atoms with Gasteiger partial charge in [-0.3, -0.25) is 14.4 Å². The van der Waals surface area contributed by atoms with Crippen LogP contribution in [0.25, 0.3) is 0 Å². The Labute approximate surface area is 170 Å². The zero-order valence-corrected chi connectivity index (χ0v) is 15.6. The summed E-state index contributed by atoms with van der Waals surface area (Å²) in [7, 11) is 0. The minimum absolute atomic E-state index is 0.0796. The molecule has 0 radical (unpaired) electrons. The first kappa shape index (κ1) is 20.3. The molecule has 4 N–H and O–H groups in total. The topological polar surface area (TPSA) is 141 Å². The van der Waals surface area contributed by atoms with Gasteiger partial charge in [-0.1, -0.05) is 12.1 Å². The normalized spacial score (nSPS) is 10.1. The highest BCUT2D eigenvalue weighted by Gasteiger charge is 2.17. The molecule has 1 aromatic heterocycles.